The molecule has 2 atom stereocenters. The average molecular weight is 397 g/mol. The van der Waals surface area contributed by atoms with Crippen LogP contribution in [0.15, 0.2) is 59.0 Å². The molecule has 0 aliphatic carbocycles. The summed E-state index contributed by atoms with van der Waals surface area (Å²) in [5.41, 5.74) is 1.91. The zero-order valence-corrected chi connectivity index (χ0v) is 16.8. The number of para-hydroxylation sites is 1. The number of carbonyl (C=O) groups is 1. The van der Waals surface area contributed by atoms with Crippen molar-refractivity contribution in [2.24, 2.45) is 0 Å². The van der Waals surface area contributed by atoms with Gasteiger partial charge < -0.3 is 24.3 Å². The predicted molar refractivity (Wildman–Crippen MR) is 111 cm³/mol. The lowest BCUT2D eigenvalue weighted by atomic mass is 10.1. The highest BCUT2D eigenvalue weighted by Crippen LogP contribution is 2.23. The standard InChI is InChI=1S/C23H27NO5/c1-3-27-23(26)15-28-19-10-8-17(9-11-19)12-16(2)24-14-20(25)22-13-18-6-4-5-7-21(18)29-22/h4-11,13,16,20,24-25H,3,12,14-15H2,1-2H3/t16?,20-/m1/s1. The molecular formula is C23H27NO5. The van der Waals surface area contributed by atoms with Crippen molar-refractivity contribution in [3.63, 3.8) is 0 Å². The molecule has 0 aliphatic heterocycles. The number of aliphatic hydroxyl groups excluding tert-OH is 1. The van der Waals surface area contributed by atoms with Gasteiger partial charge in [-0.1, -0.05) is 30.3 Å². The molecule has 6 nitrogen and oxygen atoms in total. The smallest absolute Gasteiger partial charge is 0.344 e. The summed E-state index contributed by atoms with van der Waals surface area (Å²) in [6, 6.07) is 17.4. The number of hydrogen-bond acceptors (Lipinski definition) is 6. The van der Waals surface area contributed by atoms with E-state index in [1.54, 1.807) is 6.92 Å². The quantitative estimate of drug-likeness (QED) is 0.509. The Labute approximate surface area is 170 Å². The lowest BCUT2D eigenvalue weighted by molar-refractivity contribution is -0.145. The second-order valence-corrected chi connectivity index (χ2v) is 6.95. The van der Waals surface area contributed by atoms with E-state index in [0.29, 0.717) is 24.7 Å². The summed E-state index contributed by atoms with van der Waals surface area (Å²) in [6.07, 6.45) is 0.0915. The third-order valence-corrected chi connectivity index (χ3v) is 4.56. The molecule has 0 saturated heterocycles. The monoisotopic (exact) mass is 397 g/mol. The number of ether oxygens (including phenoxy) is 2. The van der Waals surface area contributed by atoms with E-state index in [1.165, 1.54) is 0 Å². The van der Waals surface area contributed by atoms with Gasteiger partial charge in [-0.25, -0.2) is 4.79 Å². The maximum atomic E-state index is 11.3. The highest BCUT2D eigenvalue weighted by atomic mass is 16.6. The van der Waals surface area contributed by atoms with E-state index in [9.17, 15) is 9.90 Å². The van der Waals surface area contributed by atoms with Gasteiger partial charge in [0.2, 0.25) is 0 Å². The van der Waals surface area contributed by atoms with Crippen LogP contribution in [-0.2, 0) is 16.0 Å². The summed E-state index contributed by atoms with van der Waals surface area (Å²) < 4.78 is 15.9. The molecule has 29 heavy (non-hydrogen) atoms. The number of nitrogens with one attached hydrogen (secondary N) is 1. The van der Waals surface area contributed by atoms with Gasteiger partial charge in [-0.15, -0.1) is 0 Å². The van der Waals surface area contributed by atoms with Crippen LogP contribution in [0.4, 0.5) is 0 Å². The minimum absolute atomic E-state index is 0.0924. The largest absolute Gasteiger partial charge is 0.482 e. The zero-order valence-electron chi connectivity index (χ0n) is 16.8. The van der Waals surface area contributed by atoms with Crippen LogP contribution >= 0.6 is 0 Å². The third-order valence-electron chi connectivity index (χ3n) is 4.56. The number of benzene rings is 2. The van der Waals surface area contributed by atoms with E-state index in [2.05, 4.69) is 12.2 Å². The van der Waals surface area contributed by atoms with Crippen LogP contribution in [0.2, 0.25) is 0 Å². The normalized spacial score (nSPS) is 13.2. The first-order valence-electron chi connectivity index (χ1n) is 9.82. The third kappa shape index (κ3) is 6.07. The number of fused-ring (bicyclic) bond motifs is 1. The highest BCUT2D eigenvalue weighted by Gasteiger charge is 2.14. The summed E-state index contributed by atoms with van der Waals surface area (Å²) in [5, 5.41) is 14.7. The lowest BCUT2D eigenvalue weighted by Gasteiger charge is -2.16. The van der Waals surface area contributed by atoms with Crippen LogP contribution in [0, 0.1) is 0 Å². The average Bonchev–Trinajstić information content (AvgIpc) is 3.16. The Morgan fingerprint density at radius 3 is 2.66 bits per heavy atom. The molecule has 0 amide bonds. The van der Waals surface area contributed by atoms with Crippen molar-refractivity contribution in [1.82, 2.24) is 5.32 Å². The maximum absolute atomic E-state index is 11.3. The van der Waals surface area contributed by atoms with E-state index in [1.807, 2.05) is 54.6 Å². The molecule has 0 spiro atoms. The van der Waals surface area contributed by atoms with Crippen molar-refractivity contribution in [3.8, 4) is 5.75 Å². The number of rotatable bonds is 10. The predicted octanol–water partition coefficient (Wildman–Crippen LogP) is 3.63. The Hall–Kier alpha value is -2.83. The van der Waals surface area contributed by atoms with Crippen LogP contribution in [0.25, 0.3) is 11.0 Å². The van der Waals surface area contributed by atoms with Crippen LogP contribution in [0.5, 0.6) is 5.75 Å². The fraction of sp³-hybridized carbons (Fsp3) is 0.348. The Bertz CT molecular complexity index is 885. The van der Waals surface area contributed by atoms with Crippen molar-refractivity contribution < 1.29 is 23.8 Å². The molecule has 3 rings (SSSR count). The first kappa shape index (κ1) is 20.9. The number of aliphatic hydroxyl groups is 1. The SMILES string of the molecule is CCOC(=O)COc1ccc(CC(C)NC[C@@H](O)c2cc3ccccc3o2)cc1. The Morgan fingerprint density at radius 2 is 1.93 bits per heavy atom. The molecule has 154 valence electrons. The van der Waals surface area contributed by atoms with Gasteiger partial charge in [0, 0.05) is 18.0 Å². The number of carbonyl (C=O) groups excluding carboxylic acids is 1. The summed E-state index contributed by atoms with van der Waals surface area (Å²) in [4.78, 5) is 11.3. The summed E-state index contributed by atoms with van der Waals surface area (Å²) in [7, 11) is 0. The van der Waals surface area contributed by atoms with Gasteiger partial charge in [0.25, 0.3) is 0 Å². The van der Waals surface area contributed by atoms with Crippen molar-refractivity contribution in [1.29, 1.82) is 0 Å². The first-order chi connectivity index (χ1) is 14.0. The van der Waals surface area contributed by atoms with Gasteiger partial charge in [0.15, 0.2) is 6.61 Å². The van der Waals surface area contributed by atoms with Crippen molar-refractivity contribution in [2.45, 2.75) is 32.4 Å². The van der Waals surface area contributed by atoms with E-state index in [4.69, 9.17) is 13.9 Å². The Balaban J connectivity index is 1.45. The molecule has 2 aromatic carbocycles. The van der Waals surface area contributed by atoms with E-state index < -0.39 is 6.10 Å². The molecular weight excluding hydrogens is 370 g/mol. The highest BCUT2D eigenvalue weighted by molar-refractivity contribution is 5.77. The second kappa shape index (κ2) is 10.1. The zero-order chi connectivity index (χ0) is 20.6. The molecule has 0 radical (unpaired) electrons. The van der Waals surface area contributed by atoms with Crippen LogP contribution in [0.3, 0.4) is 0 Å². The van der Waals surface area contributed by atoms with Crippen LogP contribution in [-0.4, -0.2) is 36.9 Å². The maximum Gasteiger partial charge on any atom is 0.344 e. The molecule has 6 heteroatoms. The number of hydrogen-bond donors (Lipinski definition) is 2. The van der Waals surface area contributed by atoms with Gasteiger partial charge in [-0.3, -0.25) is 0 Å². The molecule has 1 aromatic heterocycles. The van der Waals surface area contributed by atoms with Gasteiger partial charge >= 0.3 is 5.97 Å². The summed E-state index contributed by atoms with van der Waals surface area (Å²) >= 11 is 0. The van der Waals surface area contributed by atoms with E-state index in [-0.39, 0.29) is 18.6 Å². The van der Waals surface area contributed by atoms with Gasteiger partial charge in [0.05, 0.1) is 6.61 Å². The van der Waals surface area contributed by atoms with Crippen molar-refractivity contribution in [2.75, 3.05) is 19.8 Å². The Morgan fingerprint density at radius 1 is 1.17 bits per heavy atom. The minimum Gasteiger partial charge on any atom is -0.482 e. The summed E-state index contributed by atoms with van der Waals surface area (Å²) in [6.45, 7) is 4.48. The molecule has 1 unspecified atom stereocenters. The number of esters is 1. The molecule has 0 fully saturated rings. The minimum atomic E-state index is -0.705. The lowest BCUT2D eigenvalue weighted by Crippen LogP contribution is -2.31. The molecule has 2 N–H and O–H groups in total. The van der Waals surface area contributed by atoms with Crippen LogP contribution in [0.1, 0.15) is 31.3 Å². The first-order valence-corrected chi connectivity index (χ1v) is 9.82. The molecule has 0 bridgehead atoms. The second-order valence-electron chi connectivity index (χ2n) is 6.95. The number of furan rings is 1. The molecule has 0 aliphatic rings. The topological polar surface area (TPSA) is 80.9 Å². The van der Waals surface area contributed by atoms with Gasteiger partial charge in [-0.2, -0.15) is 0 Å². The van der Waals surface area contributed by atoms with Gasteiger partial charge in [0.1, 0.15) is 23.2 Å². The van der Waals surface area contributed by atoms with Crippen molar-refractivity contribution in [3.05, 3.63) is 65.9 Å². The van der Waals surface area contributed by atoms with E-state index in [0.717, 1.165) is 23.0 Å². The molecule has 3 aromatic rings. The van der Waals surface area contributed by atoms with Gasteiger partial charge in [-0.05, 0) is 50.1 Å². The summed E-state index contributed by atoms with van der Waals surface area (Å²) in [5.74, 6) is 0.814. The molecule has 0 saturated carbocycles. The van der Waals surface area contributed by atoms with Crippen LogP contribution < -0.4 is 10.1 Å². The van der Waals surface area contributed by atoms with E-state index >= 15 is 0 Å². The van der Waals surface area contributed by atoms with Crippen molar-refractivity contribution >= 4 is 16.9 Å². The fourth-order valence-electron chi connectivity index (χ4n) is 3.07. The Kier molecular flexibility index (Phi) is 7.27. The molecule has 1 heterocycles. The fourth-order valence-corrected chi connectivity index (χ4v) is 3.07.